The van der Waals surface area contributed by atoms with Gasteiger partial charge in [-0.2, -0.15) is 0 Å². The van der Waals surface area contributed by atoms with Crippen LogP contribution in [-0.4, -0.2) is 42.5 Å². The molecule has 120 valence electrons. The largest absolute Gasteiger partial charge is 0.497 e. The number of pyridine rings is 1. The number of piperazine rings is 1. The number of carbonyl (C=O) groups is 1. The first-order chi connectivity index (χ1) is 11.3. The highest BCUT2D eigenvalue weighted by atomic mass is 16.5. The van der Waals surface area contributed by atoms with Crippen LogP contribution in [-0.2, 0) is 11.2 Å². The third-order valence-electron chi connectivity index (χ3n) is 4.12. The Kier molecular flexibility index (Phi) is 4.88. The predicted molar refractivity (Wildman–Crippen MR) is 88.3 cm³/mol. The van der Waals surface area contributed by atoms with Crippen molar-refractivity contribution in [3.8, 4) is 5.75 Å². The topological polar surface area (TPSA) is 54.5 Å². The zero-order chi connectivity index (χ0) is 16.1. The number of hydrogen-bond acceptors (Lipinski definition) is 4. The van der Waals surface area contributed by atoms with Gasteiger partial charge in [0, 0.05) is 32.0 Å². The van der Waals surface area contributed by atoms with Gasteiger partial charge in [-0.25, -0.2) is 0 Å². The van der Waals surface area contributed by atoms with Crippen molar-refractivity contribution in [3.63, 3.8) is 0 Å². The molecule has 1 aliphatic heterocycles. The number of rotatable bonds is 4. The normalized spacial score (nSPS) is 17.8. The van der Waals surface area contributed by atoms with Gasteiger partial charge in [0.15, 0.2) is 0 Å². The molecule has 5 heteroatoms. The first kappa shape index (κ1) is 15.5. The zero-order valence-electron chi connectivity index (χ0n) is 13.2. The molecular weight excluding hydrogens is 290 g/mol. The highest BCUT2D eigenvalue weighted by molar-refractivity contribution is 5.79. The molecule has 1 saturated heterocycles. The Balaban J connectivity index is 1.76. The Morgan fingerprint density at radius 1 is 1.39 bits per heavy atom. The minimum Gasteiger partial charge on any atom is -0.497 e. The first-order valence-electron chi connectivity index (χ1n) is 7.81. The van der Waals surface area contributed by atoms with Crippen molar-refractivity contribution in [1.82, 2.24) is 15.2 Å². The Morgan fingerprint density at radius 3 is 3.09 bits per heavy atom. The van der Waals surface area contributed by atoms with E-state index < -0.39 is 0 Å². The van der Waals surface area contributed by atoms with Crippen molar-refractivity contribution in [2.45, 2.75) is 12.5 Å². The maximum atomic E-state index is 12.8. The lowest BCUT2D eigenvalue weighted by atomic mass is 10.0. The lowest BCUT2D eigenvalue weighted by Crippen LogP contribution is -2.49. The van der Waals surface area contributed by atoms with Gasteiger partial charge < -0.3 is 15.0 Å². The van der Waals surface area contributed by atoms with Crippen LogP contribution in [0, 0.1) is 0 Å². The highest BCUT2D eigenvalue weighted by Crippen LogP contribution is 2.23. The Morgan fingerprint density at radius 2 is 2.30 bits per heavy atom. The van der Waals surface area contributed by atoms with E-state index in [1.807, 2.05) is 47.5 Å². The number of amides is 1. The number of benzene rings is 1. The molecule has 0 bridgehead atoms. The summed E-state index contributed by atoms with van der Waals surface area (Å²) in [6.07, 6.45) is 3.97. The van der Waals surface area contributed by atoms with Crippen molar-refractivity contribution in [3.05, 3.63) is 59.9 Å². The second-order valence-electron chi connectivity index (χ2n) is 5.62. The van der Waals surface area contributed by atoms with E-state index in [-0.39, 0.29) is 11.9 Å². The minimum absolute atomic E-state index is 0.0376. The summed E-state index contributed by atoms with van der Waals surface area (Å²) in [6, 6.07) is 11.6. The molecule has 0 saturated carbocycles. The maximum absolute atomic E-state index is 12.8. The molecule has 1 aromatic carbocycles. The third kappa shape index (κ3) is 3.68. The number of carbonyl (C=O) groups excluding carboxylic acids is 1. The fraction of sp³-hybridized carbons (Fsp3) is 0.333. The van der Waals surface area contributed by atoms with Crippen LogP contribution in [0.1, 0.15) is 17.2 Å². The van der Waals surface area contributed by atoms with E-state index in [1.165, 1.54) is 0 Å². The van der Waals surface area contributed by atoms with Crippen LogP contribution >= 0.6 is 0 Å². The monoisotopic (exact) mass is 311 g/mol. The second-order valence-corrected chi connectivity index (χ2v) is 5.62. The van der Waals surface area contributed by atoms with Crippen LogP contribution in [0.3, 0.4) is 0 Å². The Bertz CT molecular complexity index is 660. The van der Waals surface area contributed by atoms with Crippen LogP contribution < -0.4 is 10.1 Å². The smallest absolute Gasteiger partial charge is 0.227 e. The molecule has 1 aliphatic rings. The zero-order valence-corrected chi connectivity index (χ0v) is 13.2. The van der Waals surface area contributed by atoms with E-state index >= 15 is 0 Å². The lowest BCUT2D eigenvalue weighted by Gasteiger charge is -2.36. The average Bonchev–Trinajstić information content (AvgIpc) is 2.62. The first-order valence-corrected chi connectivity index (χ1v) is 7.81. The van der Waals surface area contributed by atoms with Crippen molar-refractivity contribution in [2.24, 2.45) is 0 Å². The molecule has 23 heavy (non-hydrogen) atoms. The number of methoxy groups -OCH3 is 1. The molecular formula is C18H21N3O2. The van der Waals surface area contributed by atoms with Gasteiger partial charge in [-0.1, -0.05) is 18.2 Å². The molecule has 5 nitrogen and oxygen atoms in total. The summed E-state index contributed by atoms with van der Waals surface area (Å²) >= 11 is 0. The standard InChI is InChI=1S/C18H21N3O2/c1-23-16-6-2-4-14(10-16)11-18(22)21-9-8-20-13-17(21)15-5-3-7-19-12-15/h2-7,10,12,17,20H,8-9,11,13H2,1H3. The van der Waals surface area contributed by atoms with E-state index in [0.717, 1.165) is 30.0 Å². The Labute approximate surface area is 136 Å². The van der Waals surface area contributed by atoms with Gasteiger partial charge >= 0.3 is 0 Å². The highest BCUT2D eigenvalue weighted by Gasteiger charge is 2.27. The second kappa shape index (κ2) is 7.24. The molecule has 3 rings (SSSR count). The molecule has 0 spiro atoms. The summed E-state index contributed by atoms with van der Waals surface area (Å²) in [5, 5.41) is 3.36. The molecule has 1 aromatic heterocycles. The van der Waals surface area contributed by atoms with Gasteiger partial charge in [0.1, 0.15) is 5.75 Å². The van der Waals surface area contributed by atoms with E-state index in [0.29, 0.717) is 13.0 Å². The quantitative estimate of drug-likeness (QED) is 0.935. The van der Waals surface area contributed by atoms with Crippen molar-refractivity contribution in [2.75, 3.05) is 26.7 Å². The summed E-state index contributed by atoms with van der Waals surface area (Å²) in [4.78, 5) is 18.9. The molecule has 1 atom stereocenters. The van der Waals surface area contributed by atoms with Gasteiger partial charge in [0.2, 0.25) is 5.91 Å². The minimum atomic E-state index is 0.0376. The summed E-state index contributed by atoms with van der Waals surface area (Å²) in [5.41, 5.74) is 2.04. The van der Waals surface area contributed by atoms with Crippen LogP contribution in [0.4, 0.5) is 0 Å². The number of hydrogen-bond donors (Lipinski definition) is 1. The van der Waals surface area contributed by atoms with Crippen molar-refractivity contribution in [1.29, 1.82) is 0 Å². The molecule has 0 radical (unpaired) electrons. The SMILES string of the molecule is COc1cccc(CC(=O)N2CCNCC2c2cccnc2)c1. The summed E-state index contributed by atoms with van der Waals surface area (Å²) < 4.78 is 5.23. The Hall–Kier alpha value is -2.40. The summed E-state index contributed by atoms with van der Waals surface area (Å²) in [5.74, 6) is 0.910. The molecule has 1 amide bonds. The van der Waals surface area contributed by atoms with Gasteiger partial charge in [0.25, 0.3) is 0 Å². The molecule has 1 fully saturated rings. The lowest BCUT2D eigenvalue weighted by molar-refractivity contribution is -0.133. The fourth-order valence-electron chi connectivity index (χ4n) is 2.93. The number of nitrogens with one attached hydrogen (secondary N) is 1. The van der Waals surface area contributed by atoms with Gasteiger partial charge in [-0.15, -0.1) is 0 Å². The predicted octanol–water partition coefficient (Wildman–Crippen LogP) is 1.81. The van der Waals surface area contributed by atoms with E-state index in [4.69, 9.17) is 4.74 Å². The van der Waals surface area contributed by atoms with Crippen LogP contribution in [0.2, 0.25) is 0 Å². The average molecular weight is 311 g/mol. The molecule has 1 N–H and O–H groups in total. The van der Waals surface area contributed by atoms with Crippen molar-refractivity contribution >= 4 is 5.91 Å². The van der Waals surface area contributed by atoms with E-state index in [1.54, 1.807) is 13.3 Å². The molecule has 2 heterocycles. The molecule has 2 aromatic rings. The van der Waals surface area contributed by atoms with E-state index in [9.17, 15) is 4.79 Å². The number of aromatic nitrogens is 1. The van der Waals surface area contributed by atoms with E-state index in [2.05, 4.69) is 10.3 Å². The van der Waals surface area contributed by atoms with Crippen LogP contribution in [0.25, 0.3) is 0 Å². The van der Waals surface area contributed by atoms with Crippen LogP contribution in [0.5, 0.6) is 5.75 Å². The summed E-state index contributed by atoms with van der Waals surface area (Å²) in [6.45, 7) is 2.29. The van der Waals surface area contributed by atoms with Crippen molar-refractivity contribution < 1.29 is 9.53 Å². The molecule has 0 aliphatic carbocycles. The maximum Gasteiger partial charge on any atom is 0.227 e. The fourth-order valence-corrected chi connectivity index (χ4v) is 2.93. The van der Waals surface area contributed by atoms with Crippen LogP contribution in [0.15, 0.2) is 48.8 Å². The molecule has 1 unspecified atom stereocenters. The number of nitrogens with zero attached hydrogens (tertiary/aromatic N) is 2. The van der Waals surface area contributed by atoms with Gasteiger partial charge in [-0.3, -0.25) is 9.78 Å². The van der Waals surface area contributed by atoms with Gasteiger partial charge in [0.05, 0.1) is 19.6 Å². The summed E-state index contributed by atoms with van der Waals surface area (Å²) in [7, 11) is 1.63. The number of ether oxygens (including phenoxy) is 1. The third-order valence-corrected chi connectivity index (χ3v) is 4.12. The van der Waals surface area contributed by atoms with Gasteiger partial charge in [-0.05, 0) is 29.3 Å².